The molecule has 1 aliphatic heterocycles. The number of aromatic nitrogens is 2. The molecule has 25 heavy (non-hydrogen) atoms. The van der Waals surface area contributed by atoms with Gasteiger partial charge < -0.3 is 4.74 Å². The summed E-state index contributed by atoms with van der Waals surface area (Å²) < 4.78 is 5.65. The van der Waals surface area contributed by atoms with Crippen LogP contribution in [-0.2, 0) is 0 Å². The molecule has 4 heteroatoms. The van der Waals surface area contributed by atoms with E-state index in [4.69, 9.17) is 9.73 Å². The van der Waals surface area contributed by atoms with Gasteiger partial charge in [0.2, 0.25) is 0 Å². The highest BCUT2D eigenvalue weighted by Crippen LogP contribution is 2.25. The molecule has 1 aliphatic rings. The van der Waals surface area contributed by atoms with Crippen LogP contribution in [0.5, 0.6) is 5.75 Å². The van der Waals surface area contributed by atoms with E-state index in [-0.39, 0.29) is 0 Å². The molecule has 0 atom stereocenters. The van der Waals surface area contributed by atoms with Crippen LogP contribution in [-0.4, -0.2) is 9.97 Å². The van der Waals surface area contributed by atoms with Gasteiger partial charge in [-0.2, -0.15) is 0 Å². The molecule has 0 radical (unpaired) electrons. The van der Waals surface area contributed by atoms with Crippen molar-refractivity contribution in [2.45, 2.75) is 0 Å². The lowest BCUT2D eigenvalue weighted by Gasteiger charge is -2.04. The fraction of sp³-hybridized carbons (Fsp3) is 0. The van der Waals surface area contributed by atoms with Crippen LogP contribution in [0.2, 0.25) is 0 Å². The van der Waals surface area contributed by atoms with E-state index >= 15 is 0 Å². The fourth-order valence-electron chi connectivity index (χ4n) is 2.54. The second kappa shape index (κ2) is 6.93. The Kier molecular flexibility index (Phi) is 4.16. The molecule has 0 spiro atoms. The summed E-state index contributed by atoms with van der Waals surface area (Å²) in [5, 5.41) is 2.73. The molecule has 4 nitrogen and oxygen atoms in total. The zero-order chi connectivity index (χ0) is 16.9. The number of nitrogens with zero attached hydrogens (tertiary/aromatic N) is 3. The first-order valence-corrected chi connectivity index (χ1v) is 7.95. The predicted octanol–water partition coefficient (Wildman–Crippen LogP) is 3.38. The van der Waals surface area contributed by atoms with Gasteiger partial charge in [-0.3, -0.25) is 0 Å². The van der Waals surface area contributed by atoms with Crippen LogP contribution in [0.1, 0.15) is 0 Å². The van der Waals surface area contributed by atoms with Gasteiger partial charge in [0.1, 0.15) is 12.1 Å². The number of fused-ring (bicyclic) bond motifs is 2. The van der Waals surface area contributed by atoms with Crippen LogP contribution in [0.4, 0.5) is 5.82 Å². The van der Waals surface area contributed by atoms with E-state index in [1.807, 2.05) is 78.9 Å². The molecule has 120 valence electrons. The van der Waals surface area contributed by atoms with Crippen molar-refractivity contribution in [3.63, 3.8) is 0 Å². The lowest BCUT2D eigenvalue weighted by molar-refractivity contribution is 0.482. The minimum absolute atomic E-state index is 0.622. The van der Waals surface area contributed by atoms with Gasteiger partial charge >= 0.3 is 0 Å². The Morgan fingerprint density at radius 3 is 2.68 bits per heavy atom. The highest BCUT2D eigenvalue weighted by Gasteiger charge is 2.04. The fourth-order valence-corrected chi connectivity index (χ4v) is 2.54. The van der Waals surface area contributed by atoms with Crippen molar-refractivity contribution in [3.05, 3.63) is 96.0 Å². The van der Waals surface area contributed by atoms with Gasteiger partial charge in [0.25, 0.3) is 0 Å². The van der Waals surface area contributed by atoms with Crippen LogP contribution >= 0.6 is 0 Å². The summed E-state index contributed by atoms with van der Waals surface area (Å²) in [5.74, 6) is 1.34. The Hall–Kier alpha value is -3.53. The number of allylic oxidation sites excluding steroid dienone is 5. The van der Waals surface area contributed by atoms with Crippen molar-refractivity contribution in [3.8, 4) is 5.75 Å². The van der Waals surface area contributed by atoms with Crippen molar-refractivity contribution >= 4 is 22.8 Å². The second-order valence-corrected chi connectivity index (χ2v) is 5.43. The van der Waals surface area contributed by atoms with Gasteiger partial charge in [0, 0.05) is 10.6 Å². The van der Waals surface area contributed by atoms with E-state index in [2.05, 4.69) is 9.97 Å². The van der Waals surface area contributed by atoms with Gasteiger partial charge in [-0.1, -0.05) is 48.6 Å². The molecule has 3 aromatic rings. The Bertz CT molecular complexity index is 1130. The van der Waals surface area contributed by atoms with Gasteiger partial charge in [0.15, 0.2) is 5.82 Å². The SMILES string of the molecule is C1=C\C=C/Oc2ccc3ncnc(c3c2)/N=c2/cccc/c2=C\C=C/1. The van der Waals surface area contributed by atoms with Crippen molar-refractivity contribution in [2.75, 3.05) is 0 Å². The standard InChI is InChI=1S/C21H15N3O/c1-2-4-8-16-9-5-6-10-19(16)24-21-18-14-17(25-13-7-3-1)11-12-20(18)22-15-23-21/h1-15H/b3-1-,4-2-,13-7-,16-8+,24-19-. The minimum atomic E-state index is 0.622. The molecule has 4 rings (SSSR count). The van der Waals surface area contributed by atoms with Crippen LogP contribution < -0.4 is 15.3 Å². The molecule has 1 aromatic heterocycles. The van der Waals surface area contributed by atoms with Crippen LogP contribution in [0, 0.1) is 0 Å². The summed E-state index contributed by atoms with van der Waals surface area (Å²) in [6.45, 7) is 0. The molecule has 0 saturated heterocycles. The molecule has 0 fully saturated rings. The quantitative estimate of drug-likeness (QED) is 0.636. The van der Waals surface area contributed by atoms with Crippen LogP contribution in [0.25, 0.3) is 17.0 Å². The largest absolute Gasteiger partial charge is 0.465 e. The molecule has 0 saturated carbocycles. The van der Waals surface area contributed by atoms with Gasteiger partial charge in [-0.15, -0.1) is 0 Å². The Balaban J connectivity index is 2.02. The van der Waals surface area contributed by atoms with E-state index in [0.29, 0.717) is 11.6 Å². The van der Waals surface area contributed by atoms with E-state index in [0.717, 1.165) is 21.5 Å². The van der Waals surface area contributed by atoms with Crippen molar-refractivity contribution < 1.29 is 4.74 Å². The lowest BCUT2D eigenvalue weighted by Crippen LogP contribution is -2.23. The molecular weight excluding hydrogens is 310 g/mol. The summed E-state index contributed by atoms with van der Waals surface area (Å²) in [4.78, 5) is 13.4. The second-order valence-electron chi connectivity index (χ2n) is 5.43. The number of hydrogen-bond acceptors (Lipinski definition) is 4. The first kappa shape index (κ1) is 15.0. The Morgan fingerprint density at radius 1 is 0.800 bits per heavy atom. The molecule has 0 amide bonds. The molecule has 0 aliphatic carbocycles. The topological polar surface area (TPSA) is 47.4 Å². The van der Waals surface area contributed by atoms with E-state index in [1.54, 1.807) is 6.26 Å². The van der Waals surface area contributed by atoms with E-state index in [9.17, 15) is 0 Å². The third kappa shape index (κ3) is 3.38. The summed E-state index contributed by atoms with van der Waals surface area (Å²) in [6, 6.07) is 13.7. The number of ether oxygens (including phenoxy) is 1. The Morgan fingerprint density at radius 2 is 1.68 bits per heavy atom. The van der Waals surface area contributed by atoms with Crippen molar-refractivity contribution in [1.29, 1.82) is 0 Å². The zero-order valence-electron chi connectivity index (χ0n) is 13.4. The number of benzene rings is 2. The highest BCUT2D eigenvalue weighted by molar-refractivity contribution is 5.88. The average molecular weight is 325 g/mol. The lowest BCUT2D eigenvalue weighted by atomic mass is 10.2. The Labute approximate surface area is 144 Å². The average Bonchev–Trinajstić information content (AvgIpc) is 2.65. The molecule has 2 bridgehead atoms. The summed E-state index contributed by atoms with van der Waals surface area (Å²) in [6.07, 6.45) is 14.8. The maximum atomic E-state index is 5.65. The number of hydrogen-bond donors (Lipinski definition) is 0. The normalized spacial score (nSPS) is 19.8. The van der Waals surface area contributed by atoms with Crippen molar-refractivity contribution in [2.24, 2.45) is 4.99 Å². The third-order valence-electron chi connectivity index (χ3n) is 3.75. The highest BCUT2D eigenvalue weighted by atomic mass is 16.5. The maximum Gasteiger partial charge on any atom is 0.163 e. The van der Waals surface area contributed by atoms with E-state index in [1.165, 1.54) is 6.33 Å². The summed E-state index contributed by atoms with van der Waals surface area (Å²) in [7, 11) is 0. The van der Waals surface area contributed by atoms with Crippen LogP contribution in [0.15, 0.2) is 90.4 Å². The third-order valence-corrected chi connectivity index (χ3v) is 3.75. The summed E-state index contributed by atoms with van der Waals surface area (Å²) in [5.41, 5.74) is 0.829. The van der Waals surface area contributed by atoms with Gasteiger partial charge in [-0.05, 0) is 30.3 Å². The number of rotatable bonds is 0. The molecule has 2 heterocycles. The predicted molar refractivity (Wildman–Crippen MR) is 98.9 cm³/mol. The monoisotopic (exact) mass is 325 g/mol. The maximum absolute atomic E-state index is 5.65. The molecule has 2 aromatic carbocycles. The smallest absolute Gasteiger partial charge is 0.163 e. The van der Waals surface area contributed by atoms with E-state index < -0.39 is 0 Å². The first-order chi connectivity index (χ1) is 12.4. The molecule has 0 N–H and O–H groups in total. The van der Waals surface area contributed by atoms with Gasteiger partial charge in [0.05, 0.1) is 17.1 Å². The first-order valence-electron chi connectivity index (χ1n) is 7.95. The summed E-state index contributed by atoms with van der Waals surface area (Å²) >= 11 is 0. The molecule has 0 unspecified atom stereocenters. The zero-order valence-corrected chi connectivity index (χ0v) is 13.4. The number of para-hydroxylation sites is 1. The van der Waals surface area contributed by atoms with Crippen molar-refractivity contribution in [1.82, 2.24) is 9.97 Å². The van der Waals surface area contributed by atoms with Crippen LogP contribution in [0.3, 0.4) is 0 Å². The minimum Gasteiger partial charge on any atom is -0.465 e. The molecular formula is C21H15N3O. The van der Waals surface area contributed by atoms with Gasteiger partial charge in [-0.25, -0.2) is 15.0 Å².